The summed E-state index contributed by atoms with van der Waals surface area (Å²) in [7, 11) is 1.55. The van der Waals surface area contributed by atoms with Crippen LogP contribution >= 0.6 is 0 Å². The van der Waals surface area contributed by atoms with Crippen molar-refractivity contribution in [1.29, 1.82) is 0 Å². The van der Waals surface area contributed by atoms with Gasteiger partial charge in [-0.15, -0.1) is 0 Å². The number of carbonyl (C=O) groups is 2. The van der Waals surface area contributed by atoms with Gasteiger partial charge in [-0.1, -0.05) is 12.1 Å². The van der Waals surface area contributed by atoms with E-state index in [9.17, 15) is 14.0 Å². The van der Waals surface area contributed by atoms with Crippen LogP contribution in [0, 0.1) is 5.82 Å². The molecule has 4 aromatic rings. The van der Waals surface area contributed by atoms with Crippen molar-refractivity contribution in [2.45, 2.75) is 13.8 Å². The predicted octanol–water partition coefficient (Wildman–Crippen LogP) is 6.25. The van der Waals surface area contributed by atoms with Gasteiger partial charge < -0.3 is 19.8 Å². The zero-order chi connectivity index (χ0) is 24.2. The third-order valence-electron chi connectivity index (χ3n) is 5.30. The molecule has 7 heteroatoms. The number of halogens is 1. The molecule has 2 amide bonds. The second-order valence-electron chi connectivity index (χ2n) is 7.78. The quantitative estimate of drug-likeness (QED) is 0.335. The fraction of sp³-hybridized carbons (Fsp3) is 0.111. The largest absolute Gasteiger partial charge is 0.496 e. The zero-order valence-corrected chi connectivity index (χ0v) is 18.9. The molecule has 0 bridgehead atoms. The Morgan fingerprint density at radius 2 is 1.59 bits per heavy atom. The van der Waals surface area contributed by atoms with Crippen molar-refractivity contribution in [2.75, 3.05) is 17.7 Å². The second kappa shape index (κ2) is 9.62. The van der Waals surface area contributed by atoms with E-state index in [1.807, 2.05) is 13.0 Å². The van der Waals surface area contributed by atoms with Crippen LogP contribution in [-0.4, -0.2) is 18.9 Å². The molecule has 0 aliphatic rings. The summed E-state index contributed by atoms with van der Waals surface area (Å²) in [5.74, 6) is -0.221. The Labute approximate surface area is 196 Å². The van der Waals surface area contributed by atoms with Gasteiger partial charge >= 0.3 is 0 Å². The lowest BCUT2D eigenvalue weighted by Crippen LogP contribution is -2.09. The molecule has 0 fully saturated rings. The van der Waals surface area contributed by atoms with E-state index < -0.39 is 0 Å². The summed E-state index contributed by atoms with van der Waals surface area (Å²) < 4.78 is 24.6. The Bertz CT molecular complexity index is 1390. The summed E-state index contributed by atoms with van der Waals surface area (Å²) in [6.07, 6.45) is 3.11. The summed E-state index contributed by atoms with van der Waals surface area (Å²) in [5, 5.41) is 6.32. The lowest BCUT2D eigenvalue weighted by atomic mass is 9.99. The van der Waals surface area contributed by atoms with E-state index in [0.717, 1.165) is 22.1 Å². The van der Waals surface area contributed by atoms with Crippen molar-refractivity contribution in [1.82, 2.24) is 0 Å². The second-order valence-corrected chi connectivity index (χ2v) is 7.78. The lowest BCUT2D eigenvalue weighted by molar-refractivity contribution is -0.114. The summed E-state index contributed by atoms with van der Waals surface area (Å²) in [4.78, 5) is 23.8. The highest BCUT2D eigenvalue weighted by Gasteiger charge is 2.15. The molecule has 1 heterocycles. The van der Waals surface area contributed by atoms with Crippen LogP contribution in [0.3, 0.4) is 0 Å². The molecule has 0 saturated heterocycles. The van der Waals surface area contributed by atoms with E-state index in [1.165, 1.54) is 25.1 Å². The fourth-order valence-corrected chi connectivity index (χ4v) is 3.68. The first-order valence-electron chi connectivity index (χ1n) is 10.6. The first-order valence-corrected chi connectivity index (χ1v) is 10.6. The average molecular weight is 458 g/mol. The first-order chi connectivity index (χ1) is 16.3. The normalized spacial score (nSPS) is 11.4. The number of nitrogens with one attached hydrogen (secondary N) is 2. The highest BCUT2D eigenvalue weighted by molar-refractivity contribution is 6.05. The number of ether oxygens (including phenoxy) is 1. The zero-order valence-electron chi connectivity index (χ0n) is 18.9. The molecular weight excluding hydrogens is 435 g/mol. The van der Waals surface area contributed by atoms with Crippen LogP contribution in [0.15, 0.2) is 77.4 Å². The van der Waals surface area contributed by atoms with Crippen LogP contribution in [-0.2, 0) is 9.59 Å². The Balaban J connectivity index is 1.62. The molecule has 2 N–H and O–H groups in total. The summed E-state index contributed by atoms with van der Waals surface area (Å²) in [6.45, 7) is 3.25. The summed E-state index contributed by atoms with van der Waals surface area (Å²) in [6, 6.07) is 16.7. The monoisotopic (exact) mass is 458 g/mol. The van der Waals surface area contributed by atoms with Crippen molar-refractivity contribution in [3.8, 4) is 16.9 Å². The van der Waals surface area contributed by atoms with Gasteiger partial charge in [0.05, 0.1) is 13.4 Å². The number of rotatable bonds is 6. The van der Waals surface area contributed by atoms with Crippen LogP contribution in [0.2, 0.25) is 0 Å². The third-order valence-corrected chi connectivity index (χ3v) is 5.30. The molecule has 0 spiro atoms. The Hall–Kier alpha value is -4.39. The van der Waals surface area contributed by atoms with Gasteiger partial charge in [0.2, 0.25) is 11.8 Å². The highest BCUT2D eigenvalue weighted by Crippen LogP contribution is 2.37. The van der Waals surface area contributed by atoms with E-state index in [4.69, 9.17) is 9.15 Å². The molecule has 0 aliphatic carbocycles. The molecule has 34 heavy (non-hydrogen) atoms. The SMILES string of the molecule is COc1cc2occ(-c3ccc(F)cc3)c2cc1/C(C)=C/C(=O)Nc1ccc(NC(C)=O)cc1. The molecule has 0 atom stereocenters. The van der Waals surface area contributed by atoms with Crippen LogP contribution < -0.4 is 15.4 Å². The molecule has 172 valence electrons. The average Bonchev–Trinajstić information content (AvgIpc) is 3.22. The van der Waals surface area contributed by atoms with Gasteiger partial charge in [-0.2, -0.15) is 0 Å². The highest BCUT2D eigenvalue weighted by atomic mass is 19.1. The molecule has 0 saturated carbocycles. The molecule has 0 radical (unpaired) electrons. The minimum absolute atomic E-state index is 0.165. The maximum absolute atomic E-state index is 13.4. The minimum Gasteiger partial charge on any atom is -0.496 e. The van der Waals surface area contributed by atoms with Gasteiger partial charge in [0.15, 0.2) is 0 Å². The molecular formula is C27H23FN2O4. The van der Waals surface area contributed by atoms with Gasteiger partial charge in [0.1, 0.15) is 17.1 Å². The third kappa shape index (κ3) is 4.99. The Kier molecular flexibility index (Phi) is 6.45. The molecule has 4 rings (SSSR count). The summed E-state index contributed by atoms with van der Waals surface area (Å²) in [5.41, 5.74) is 4.92. The van der Waals surface area contributed by atoms with Gasteiger partial charge in [-0.25, -0.2) is 4.39 Å². The number of hydrogen-bond donors (Lipinski definition) is 2. The molecule has 6 nitrogen and oxygen atoms in total. The standard InChI is InChI=1S/C27H23FN2O4/c1-16(12-27(32)30-21-10-8-20(9-11-21)29-17(2)31)22-13-23-24(18-4-6-19(28)7-5-18)15-34-26(23)14-25(22)33-3/h4-15H,1-3H3,(H,29,31)(H,30,32)/b16-12+. The predicted molar refractivity (Wildman–Crippen MR) is 131 cm³/mol. The molecule has 1 aromatic heterocycles. The maximum atomic E-state index is 13.4. The van der Waals surface area contributed by atoms with Gasteiger partial charge in [0.25, 0.3) is 0 Å². The van der Waals surface area contributed by atoms with Crippen LogP contribution in [0.5, 0.6) is 5.75 Å². The van der Waals surface area contributed by atoms with E-state index >= 15 is 0 Å². The van der Waals surface area contributed by atoms with Gasteiger partial charge in [-0.3, -0.25) is 9.59 Å². The number of allylic oxidation sites excluding steroid dienone is 1. The first kappa shape index (κ1) is 22.8. The number of anilines is 2. The van der Waals surface area contributed by atoms with Gasteiger partial charge in [-0.05, 0) is 60.5 Å². The van der Waals surface area contributed by atoms with E-state index in [-0.39, 0.29) is 17.6 Å². The van der Waals surface area contributed by atoms with E-state index in [2.05, 4.69) is 10.6 Å². The number of benzene rings is 3. The van der Waals surface area contributed by atoms with Crippen LogP contribution in [0.1, 0.15) is 19.4 Å². The van der Waals surface area contributed by atoms with Crippen molar-refractivity contribution in [3.63, 3.8) is 0 Å². The van der Waals surface area contributed by atoms with Crippen molar-refractivity contribution in [2.24, 2.45) is 0 Å². The Morgan fingerprint density at radius 3 is 2.21 bits per heavy atom. The number of furan rings is 1. The topological polar surface area (TPSA) is 80.6 Å². The smallest absolute Gasteiger partial charge is 0.248 e. The van der Waals surface area contributed by atoms with Crippen molar-refractivity contribution >= 4 is 39.7 Å². The summed E-state index contributed by atoms with van der Waals surface area (Å²) >= 11 is 0. The number of methoxy groups -OCH3 is 1. The van der Waals surface area contributed by atoms with Crippen molar-refractivity contribution in [3.05, 3.63) is 84.4 Å². The van der Waals surface area contributed by atoms with E-state index in [1.54, 1.807) is 55.8 Å². The molecule has 3 aromatic carbocycles. The van der Waals surface area contributed by atoms with E-state index in [0.29, 0.717) is 28.3 Å². The fourth-order valence-electron chi connectivity index (χ4n) is 3.68. The molecule has 0 unspecified atom stereocenters. The van der Waals surface area contributed by atoms with Gasteiger partial charge in [0, 0.05) is 47.0 Å². The van der Waals surface area contributed by atoms with Crippen LogP contribution in [0.4, 0.5) is 15.8 Å². The number of fused-ring (bicyclic) bond motifs is 1. The lowest BCUT2D eigenvalue weighted by Gasteiger charge is -2.10. The maximum Gasteiger partial charge on any atom is 0.248 e. The number of amides is 2. The number of carbonyl (C=O) groups excluding carboxylic acids is 2. The van der Waals surface area contributed by atoms with Crippen molar-refractivity contribution < 1.29 is 23.1 Å². The Morgan fingerprint density at radius 1 is 0.941 bits per heavy atom. The number of hydrogen-bond acceptors (Lipinski definition) is 4. The van der Waals surface area contributed by atoms with Crippen LogP contribution in [0.25, 0.3) is 27.7 Å². The molecule has 0 aliphatic heterocycles. The minimum atomic E-state index is -0.312.